The van der Waals surface area contributed by atoms with Gasteiger partial charge in [0.05, 0.1) is 14.2 Å². The van der Waals surface area contributed by atoms with Crippen molar-refractivity contribution in [3.05, 3.63) is 23.8 Å². The van der Waals surface area contributed by atoms with E-state index in [2.05, 4.69) is 31.3 Å². The predicted octanol–water partition coefficient (Wildman–Crippen LogP) is 3.45. The summed E-state index contributed by atoms with van der Waals surface area (Å²) in [6, 6.07) is 6.60. The summed E-state index contributed by atoms with van der Waals surface area (Å²) in [6.45, 7) is 5.51. The third kappa shape index (κ3) is 6.17. The first-order valence-corrected chi connectivity index (χ1v) is 6.65. The molecule has 0 radical (unpaired) electrons. The number of unbranched alkanes of at least 4 members (excludes halogenated alkanes) is 1. The van der Waals surface area contributed by atoms with Crippen LogP contribution in [-0.4, -0.2) is 26.8 Å². The highest BCUT2D eigenvalue weighted by atomic mass is 35.5. The average Bonchev–Trinajstić information content (AvgIpc) is 2.39. The Morgan fingerprint density at radius 2 is 1.84 bits per heavy atom. The fraction of sp³-hybridized carbons (Fsp3) is 0.600. The molecule has 19 heavy (non-hydrogen) atoms. The second-order valence-corrected chi connectivity index (χ2v) is 4.60. The van der Waals surface area contributed by atoms with Crippen molar-refractivity contribution in [2.45, 2.75) is 39.2 Å². The first kappa shape index (κ1) is 18.1. The number of ether oxygens (including phenoxy) is 2. The number of methoxy groups -OCH3 is 2. The second kappa shape index (κ2) is 9.93. The molecule has 3 nitrogen and oxygen atoms in total. The molecule has 1 aromatic rings. The van der Waals surface area contributed by atoms with Crippen LogP contribution in [-0.2, 0) is 6.42 Å². The molecule has 1 unspecified atom stereocenters. The normalized spacial score (nSPS) is 11.6. The van der Waals surface area contributed by atoms with Crippen molar-refractivity contribution in [3.8, 4) is 11.5 Å². The minimum absolute atomic E-state index is 0. The quantitative estimate of drug-likeness (QED) is 0.743. The van der Waals surface area contributed by atoms with Crippen LogP contribution in [0.5, 0.6) is 11.5 Å². The molecule has 1 N–H and O–H groups in total. The van der Waals surface area contributed by atoms with Gasteiger partial charge < -0.3 is 14.8 Å². The van der Waals surface area contributed by atoms with Gasteiger partial charge in [0, 0.05) is 6.04 Å². The molecule has 0 fully saturated rings. The lowest BCUT2D eigenvalue weighted by Crippen LogP contribution is -2.28. The van der Waals surface area contributed by atoms with Crippen molar-refractivity contribution < 1.29 is 9.47 Å². The minimum Gasteiger partial charge on any atom is -0.493 e. The Morgan fingerprint density at radius 1 is 1.16 bits per heavy atom. The van der Waals surface area contributed by atoms with Crippen molar-refractivity contribution >= 4 is 12.4 Å². The van der Waals surface area contributed by atoms with Crippen molar-refractivity contribution in [2.24, 2.45) is 0 Å². The Kier molecular flexibility index (Phi) is 9.44. The van der Waals surface area contributed by atoms with Crippen LogP contribution in [0.1, 0.15) is 32.3 Å². The van der Waals surface area contributed by atoms with Gasteiger partial charge in [-0.25, -0.2) is 0 Å². The molecular formula is C15H26ClNO2. The monoisotopic (exact) mass is 287 g/mol. The highest BCUT2D eigenvalue weighted by Gasteiger charge is 2.07. The third-order valence-corrected chi connectivity index (χ3v) is 3.01. The largest absolute Gasteiger partial charge is 0.493 e. The molecule has 0 aliphatic rings. The summed E-state index contributed by atoms with van der Waals surface area (Å²) in [7, 11) is 3.33. The zero-order valence-electron chi connectivity index (χ0n) is 12.4. The first-order valence-electron chi connectivity index (χ1n) is 6.65. The number of nitrogens with one attached hydrogen (secondary N) is 1. The van der Waals surface area contributed by atoms with E-state index in [0.717, 1.165) is 24.5 Å². The molecule has 0 heterocycles. The SMILES string of the molecule is CCCCNC(C)Cc1ccc(OC)c(OC)c1.Cl. The van der Waals surface area contributed by atoms with E-state index in [1.807, 2.05) is 6.07 Å². The van der Waals surface area contributed by atoms with Crippen LogP contribution in [0.15, 0.2) is 18.2 Å². The summed E-state index contributed by atoms with van der Waals surface area (Å²) in [5.41, 5.74) is 1.27. The van der Waals surface area contributed by atoms with Gasteiger partial charge in [-0.15, -0.1) is 12.4 Å². The molecule has 0 bridgehead atoms. The summed E-state index contributed by atoms with van der Waals surface area (Å²) < 4.78 is 10.5. The summed E-state index contributed by atoms with van der Waals surface area (Å²) in [6.07, 6.45) is 3.47. The highest BCUT2D eigenvalue weighted by Crippen LogP contribution is 2.27. The summed E-state index contributed by atoms with van der Waals surface area (Å²) in [5, 5.41) is 3.53. The van der Waals surface area contributed by atoms with Crippen LogP contribution in [0.3, 0.4) is 0 Å². The zero-order valence-corrected chi connectivity index (χ0v) is 13.2. The Morgan fingerprint density at radius 3 is 2.42 bits per heavy atom. The van der Waals surface area contributed by atoms with E-state index in [4.69, 9.17) is 9.47 Å². The summed E-state index contributed by atoms with van der Waals surface area (Å²) >= 11 is 0. The molecule has 0 aromatic heterocycles. The Hall–Kier alpha value is -0.930. The summed E-state index contributed by atoms with van der Waals surface area (Å²) in [5.74, 6) is 1.59. The fourth-order valence-electron chi connectivity index (χ4n) is 1.96. The van der Waals surface area contributed by atoms with E-state index in [1.54, 1.807) is 14.2 Å². The van der Waals surface area contributed by atoms with Gasteiger partial charge in [0.25, 0.3) is 0 Å². The van der Waals surface area contributed by atoms with Gasteiger partial charge in [-0.1, -0.05) is 19.4 Å². The lowest BCUT2D eigenvalue weighted by Gasteiger charge is -2.15. The Balaban J connectivity index is 0.00000324. The van der Waals surface area contributed by atoms with Gasteiger partial charge in [0.15, 0.2) is 11.5 Å². The van der Waals surface area contributed by atoms with Crippen LogP contribution < -0.4 is 14.8 Å². The molecule has 0 aliphatic carbocycles. The third-order valence-electron chi connectivity index (χ3n) is 3.01. The molecule has 1 atom stereocenters. The maximum atomic E-state index is 5.31. The number of rotatable bonds is 8. The molecular weight excluding hydrogens is 262 g/mol. The molecule has 1 rings (SSSR count). The topological polar surface area (TPSA) is 30.5 Å². The van der Waals surface area contributed by atoms with Crippen LogP contribution in [0, 0.1) is 0 Å². The van der Waals surface area contributed by atoms with E-state index in [0.29, 0.717) is 6.04 Å². The molecule has 0 spiro atoms. The van der Waals surface area contributed by atoms with Gasteiger partial charge >= 0.3 is 0 Å². The Labute approximate surface area is 123 Å². The minimum atomic E-state index is 0. The number of halogens is 1. The van der Waals surface area contributed by atoms with Crippen LogP contribution in [0.4, 0.5) is 0 Å². The van der Waals surface area contributed by atoms with Gasteiger partial charge in [-0.3, -0.25) is 0 Å². The van der Waals surface area contributed by atoms with Crippen molar-refractivity contribution in [1.82, 2.24) is 5.32 Å². The number of hydrogen-bond donors (Lipinski definition) is 1. The van der Waals surface area contributed by atoms with E-state index in [-0.39, 0.29) is 12.4 Å². The van der Waals surface area contributed by atoms with Crippen molar-refractivity contribution in [3.63, 3.8) is 0 Å². The fourth-order valence-corrected chi connectivity index (χ4v) is 1.96. The number of hydrogen-bond acceptors (Lipinski definition) is 3. The van der Waals surface area contributed by atoms with Crippen LogP contribution in [0.2, 0.25) is 0 Å². The molecule has 0 saturated carbocycles. The molecule has 0 aliphatic heterocycles. The van der Waals surface area contributed by atoms with Gasteiger partial charge in [-0.05, 0) is 44.0 Å². The molecule has 1 aromatic carbocycles. The molecule has 0 saturated heterocycles. The van der Waals surface area contributed by atoms with E-state index in [1.165, 1.54) is 18.4 Å². The van der Waals surface area contributed by atoms with Crippen LogP contribution >= 0.6 is 12.4 Å². The first-order chi connectivity index (χ1) is 8.71. The highest BCUT2D eigenvalue weighted by molar-refractivity contribution is 5.85. The van der Waals surface area contributed by atoms with E-state index >= 15 is 0 Å². The van der Waals surface area contributed by atoms with E-state index in [9.17, 15) is 0 Å². The smallest absolute Gasteiger partial charge is 0.160 e. The lowest BCUT2D eigenvalue weighted by atomic mass is 10.1. The Bertz CT molecular complexity index is 358. The summed E-state index contributed by atoms with van der Waals surface area (Å²) in [4.78, 5) is 0. The van der Waals surface area contributed by atoms with E-state index < -0.39 is 0 Å². The molecule has 0 amide bonds. The second-order valence-electron chi connectivity index (χ2n) is 4.60. The average molecular weight is 288 g/mol. The van der Waals surface area contributed by atoms with Crippen molar-refractivity contribution in [2.75, 3.05) is 20.8 Å². The zero-order chi connectivity index (χ0) is 13.4. The number of benzene rings is 1. The van der Waals surface area contributed by atoms with Gasteiger partial charge in [-0.2, -0.15) is 0 Å². The predicted molar refractivity (Wildman–Crippen MR) is 82.9 cm³/mol. The molecule has 110 valence electrons. The van der Waals surface area contributed by atoms with Gasteiger partial charge in [0.2, 0.25) is 0 Å². The standard InChI is InChI=1S/C15H25NO2.ClH/c1-5-6-9-16-12(2)10-13-7-8-14(17-3)15(11-13)18-4;/h7-8,11-12,16H,5-6,9-10H2,1-4H3;1H. The maximum Gasteiger partial charge on any atom is 0.160 e. The maximum absolute atomic E-state index is 5.31. The lowest BCUT2D eigenvalue weighted by molar-refractivity contribution is 0.354. The van der Waals surface area contributed by atoms with Crippen LogP contribution in [0.25, 0.3) is 0 Å². The molecule has 4 heteroatoms. The van der Waals surface area contributed by atoms with Crippen molar-refractivity contribution in [1.29, 1.82) is 0 Å². The van der Waals surface area contributed by atoms with Gasteiger partial charge in [0.1, 0.15) is 0 Å².